The third-order valence-electron chi connectivity index (χ3n) is 1.46. The van der Waals surface area contributed by atoms with Crippen molar-refractivity contribution < 1.29 is 9.53 Å². The summed E-state index contributed by atoms with van der Waals surface area (Å²) in [6, 6.07) is 6.98. The van der Waals surface area contributed by atoms with Crippen LogP contribution in [0.15, 0.2) is 24.3 Å². The van der Waals surface area contributed by atoms with Crippen molar-refractivity contribution in [3.05, 3.63) is 36.8 Å². The molecule has 1 N–H and O–H groups in total. The van der Waals surface area contributed by atoms with Crippen molar-refractivity contribution >= 4 is 6.09 Å². The number of amides is 1. The summed E-state index contributed by atoms with van der Waals surface area (Å²) in [6.07, 6.45) is -0.431. The van der Waals surface area contributed by atoms with Gasteiger partial charge in [-0.2, -0.15) is 0 Å². The molecule has 1 aromatic carbocycles. The zero-order valence-corrected chi connectivity index (χ0v) is 7.54. The molecule has 0 fully saturated rings. The van der Waals surface area contributed by atoms with E-state index in [-0.39, 0.29) is 0 Å². The molecule has 3 heteroatoms. The van der Waals surface area contributed by atoms with Crippen molar-refractivity contribution in [3.8, 4) is 5.75 Å². The smallest absolute Gasteiger partial charge is 0.410 e. The molecule has 0 heterocycles. The normalized spacial score (nSPS) is 9.38. The van der Waals surface area contributed by atoms with Crippen LogP contribution in [0, 0.1) is 6.92 Å². The summed E-state index contributed by atoms with van der Waals surface area (Å²) in [6.45, 7) is 6.12. The maximum atomic E-state index is 10.9. The maximum Gasteiger partial charge on any atom is 0.412 e. The van der Waals surface area contributed by atoms with Crippen LogP contribution in [0.2, 0.25) is 0 Å². The molecule has 0 aliphatic carbocycles. The molecular weight excluding hydrogens is 166 g/mol. The van der Waals surface area contributed by atoms with E-state index >= 15 is 0 Å². The van der Waals surface area contributed by atoms with Gasteiger partial charge in [-0.25, -0.2) is 4.79 Å². The molecule has 0 aliphatic rings. The van der Waals surface area contributed by atoms with E-state index in [4.69, 9.17) is 4.74 Å². The lowest BCUT2D eigenvalue weighted by Crippen LogP contribution is -2.26. The number of hydrogen-bond donors (Lipinski definition) is 1. The quantitative estimate of drug-likeness (QED) is 0.752. The van der Waals surface area contributed by atoms with Crippen LogP contribution in [0.4, 0.5) is 4.79 Å². The Morgan fingerprint density at radius 3 is 2.62 bits per heavy atom. The number of ether oxygens (including phenoxy) is 1. The predicted octanol–water partition coefficient (Wildman–Crippen LogP) is 1.98. The summed E-state index contributed by atoms with van der Waals surface area (Å²) >= 11 is 0. The molecular formula is C10H12NO2. The lowest BCUT2D eigenvalue weighted by molar-refractivity contribution is 0.201. The van der Waals surface area contributed by atoms with E-state index < -0.39 is 6.09 Å². The van der Waals surface area contributed by atoms with E-state index in [0.717, 1.165) is 5.56 Å². The Bertz CT molecular complexity index is 279. The summed E-state index contributed by atoms with van der Waals surface area (Å²) in [7, 11) is 0. The van der Waals surface area contributed by atoms with Crippen LogP contribution in [0.3, 0.4) is 0 Å². The number of rotatable bonds is 2. The van der Waals surface area contributed by atoms with Crippen molar-refractivity contribution in [2.24, 2.45) is 0 Å². The number of benzene rings is 1. The highest BCUT2D eigenvalue weighted by Gasteiger charge is 2.00. The minimum atomic E-state index is -0.431. The van der Waals surface area contributed by atoms with Gasteiger partial charge >= 0.3 is 6.09 Å². The molecule has 0 aliphatic heterocycles. The van der Waals surface area contributed by atoms with Crippen LogP contribution in [-0.2, 0) is 0 Å². The largest absolute Gasteiger partial charge is 0.412 e. The Balaban J connectivity index is 2.54. The van der Waals surface area contributed by atoms with Gasteiger partial charge in [0.25, 0.3) is 0 Å². The summed E-state index contributed by atoms with van der Waals surface area (Å²) in [5, 5.41) is 2.53. The van der Waals surface area contributed by atoms with E-state index in [1.54, 1.807) is 24.3 Å². The number of carbonyl (C=O) groups is 1. The standard InChI is InChI=1S/C10H12NO2/c1-3-11-10(12)13-9-6-4-8(2)5-7-9/h4-7H,2-3H2,1H3,(H,11,12). The molecule has 1 amide bonds. The first-order valence-electron chi connectivity index (χ1n) is 4.10. The van der Waals surface area contributed by atoms with Crippen LogP contribution in [0.25, 0.3) is 0 Å². The van der Waals surface area contributed by atoms with Gasteiger partial charge < -0.3 is 10.1 Å². The predicted molar refractivity (Wildman–Crippen MR) is 50.6 cm³/mol. The third kappa shape index (κ3) is 3.15. The molecule has 1 radical (unpaired) electrons. The molecule has 69 valence electrons. The maximum absolute atomic E-state index is 10.9. The summed E-state index contributed by atoms with van der Waals surface area (Å²) in [4.78, 5) is 10.9. The Morgan fingerprint density at radius 2 is 2.08 bits per heavy atom. The Labute approximate surface area is 77.7 Å². The van der Waals surface area contributed by atoms with Crippen LogP contribution in [-0.4, -0.2) is 12.6 Å². The van der Waals surface area contributed by atoms with Crippen LogP contribution >= 0.6 is 0 Å². The molecule has 0 saturated heterocycles. The van der Waals surface area contributed by atoms with Gasteiger partial charge in [0.1, 0.15) is 5.75 Å². The third-order valence-corrected chi connectivity index (χ3v) is 1.46. The van der Waals surface area contributed by atoms with E-state index in [0.29, 0.717) is 12.3 Å². The SMILES string of the molecule is [CH2]c1ccc(OC(=O)NCC)cc1. The first-order chi connectivity index (χ1) is 6.22. The fourth-order valence-electron chi connectivity index (χ4n) is 0.845. The molecule has 0 unspecified atom stereocenters. The van der Waals surface area contributed by atoms with Gasteiger partial charge in [-0.1, -0.05) is 12.1 Å². The second-order valence-electron chi connectivity index (χ2n) is 2.56. The number of nitrogens with one attached hydrogen (secondary N) is 1. The van der Waals surface area contributed by atoms with Crippen molar-refractivity contribution in [2.45, 2.75) is 6.92 Å². The second-order valence-corrected chi connectivity index (χ2v) is 2.56. The average molecular weight is 178 g/mol. The zero-order chi connectivity index (χ0) is 9.68. The second kappa shape index (κ2) is 4.50. The fraction of sp³-hybridized carbons (Fsp3) is 0.200. The van der Waals surface area contributed by atoms with E-state index in [1.165, 1.54) is 0 Å². The van der Waals surface area contributed by atoms with Gasteiger partial charge in [0.2, 0.25) is 0 Å². The Hall–Kier alpha value is -1.51. The molecule has 1 rings (SSSR count). The van der Waals surface area contributed by atoms with Crippen LogP contribution < -0.4 is 10.1 Å². The Kier molecular flexibility index (Phi) is 3.31. The first-order valence-corrected chi connectivity index (χ1v) is 4.10. The molecule has 0 saturated carbocycles. The molecule has 3 nitrogen and oxygen atoms in total. The summed E-state index contributed by atoms with van der Waals surface area (Å²) in [5.74, 6) is 0.526. The van der Waals surface area contributed by atoms with Crippen molar-refractivity contribution in [2.75, 3.05) is 6.54 Å². The highest BCUT2D eigenvalue weighted by Crippen LogP contribution is 2.11. The molecule has 0 spiro atoms. The topological polar surface area (TPSA) is 38.3 Å². The molecule has 0 bridgehead atoms. The highest BCUT2D eigenvalue weighted by atomic mass is 16.5. The van der Waals surface area contributed by atoms with Gasteiger partial charge in [0.15, 0.2) is 0 Å². The average Bonchev–Trinajstić information content (AvgIpc) is 2.09. The highest BCUT2D eigenvalue weighted by molar-refractivity contribution is 5.70. The molecule has 1 aromatic rings. The molecule has 0 aromatic heterocycles. The summed E-state index contributed by atoms with van der Waals surface area (Å²) in [5.41, 5.74) is 0.892. The molecule has 13 heavy (non-hydrogen) atoms. The Morgan fingerprint density at radius 1 is 1.46 bits per heavy atom. The van der Waals surface area contributed by atoms with E-state index in [1.807, 2.05) is 6.92 Å². The summed E-state index contributed by atoms with van der Waals surface area (Å²) < 4.78 is 4.93. The fourth-order valence-corrected chi connectivity index (χ4v) is 0.845. The lowest BCUT2D eigenvalue weighted by atomic mass is 10.2. The number of hydrogen-bond acceptors (Lipinski definition) is 2. The zero-order valence-electron chi connectivity index (χ0n) is 7.54. The van der Waals surface area contributed by atoms with Gasteiger partial charge in [-0.15, -0.1) is 0 Å². The number of carbonyl (C=O) groups excluding carboxylic acids is 1. The van der Waals surface area contributed by atoms with Crippen LogP contribution in [0.5, 0.6) is 5.75 Å². The van der Waals surface area contributed by atoms with Crippen molar-refractivity contribution in [3.63, 3.8) is 0 Å². The van der Waals surface area contributed by atoms with E-state index in [9.17, 15) is 4.79 Å². The van der Waals surface area contributed by atoms with Crippen molar-refractivity contribution in [1.29, 1.82) is 0 Å². The lowest BCUT2D eigenvalue weighted by Gasteiger charge is -2.04. The van der Waals surface area contributed by atoms with Gasteiger partial charge in [0.05, 0.1) is 0 Å². The monoisotopic (exact) mass is 178 g/mol. The van der Waals surface area contributed by atoms with Gasteiger partial charge in [-0.3, -0.25) is 0 Å². The molecule has 0 atom stereocenters. The first kappa shape index (κ1) is 9.58. The van der Waals surface area contributed by atoms with Crippen molar-refractivity contribution in [1.82, 2.24) is 5.32 Å². The minimum absolute atomic E-state index is 0.431. The van der Waals surface area contributed by atoms with Gasteiger partial charge in [0, 0.05) is 6.54 Å². The van der Waals surface area contributed by atoms with Gasteiger partial charge in [-0.05, 0) is 31.5 Å². The van der Waals surface area contributed by atoms with E-state index in [2.05, 4.69) is 12.2 Å². The van der Waals surface area contributed by atoms with Crippen LogP contribution in [0.1, 0.15) is 12.5 Å². The minimum Gasteiger partial charge on any atom is -0.410 e.